The van der Waals surface area contributed by atoms with Crippen molar-refractivity contribution >= 4 is 33.2 Å². The van der Waals surface area contributed by atoms with Crippen molar-refractivity contribution in [2.45, 2.75) is 58.3 Å². The van der Waals surface area contributed by atoms with E-state index in [-0.39, 0.29) is 5.91 Å². The summed E-state index contributed by atoms with van der Waals surface area (Å²) in [5, 5.41) is 2.90. The van der Waals surface area contributed by atoms with E-state index in [9.17, 15) is 4.79 Å². The number of benzene rings is 1. The lowest BCUT2D eigenvalue weighted by Gasteiger charge is -2.08. The van der Waals surface area contributed by atoms with Gasteiger partial charge in [0.15, 0.2) is 0 Å². The van der Waals surface area contributed by atoms with E-state index >= 15 is 0 Å². The van der Waals surface area contributed by atoms with Gasteiger partial charge in [0, 0.05) is 16.6 Å². The Kier molecular flexibility index (Phi) is 8.35. The van der Waals surface area contributed by atoms with Gasteiger partial charge in [0.1, 0.15) is 0 Å². The largest absolute Gasteiger partial charge is 0.399 e. The number of carbonyl (C=O) groups excluding carboxylic acids is 1. The van der Waals surface area contributed by atoms with E-state index in [1.807, 2.05) is 6.07 Å². The zero-order valence-corrected chi connectivity index (χ0v) is 13.8. The minimum Gasteiger partial charge on any atom is -0.399 e. The molecule has 0 radical (unpaired) electrons. The molecule has 3 N–H and O–H groups in total. The number of nitrogens with one attached hydrogen (secondary N) is 1. The smallest absolute Gasteiger partial charge is 0.224 e. The highest BCUT2D eigenvalue weighted by Gasteiger charge is 2.05. The summed E-state index contributed by atoms with van der Waals surface area (Å²) >= 11 is 3.41. The highest BCUT2D eigenvalue weighted by molar-refractivity contribution is 9.10. The molecule has 1 rings (SSSR count). The molecule has 0 spiro atoms. The van der Waals surface area contributed by atoms with Crippen molar-refractivity contribution < 1.29 is 4.79 Å². The van der Waals surface area contributed by atoms with Crippen molar-refractivity contribution in [3.63, 3.8) is 0 Å². The van der Waals surface area contributed by atoms with Crippen LogP contribution in [-0.2, 0) is 4.79 Å². The van der Waals surface area contributed by atoms with Crippen LogP contribution in [0.2, 0.25) is 0 Å². The van der Waals surface area contributed by atoms with Gasteiger partial charge in [0.05, 0.1) is 5.69 Å². The fourth-order valence-corrected chi connectivity index (χ4v) is 2.44. The lowest BCUT2D eigenvalue weighted by molar-refractivity contribution is -0.116. The molecule has 0 saturated heterocycles. The summed E-state index contributed by atoms with van der Waals surface area (Å²) in [7, 11) is 0. The van der Waals surface area contributed by atoms with Gasteiger partial charge in [-0.1, -0.05) is 45.4 Å². The van der Waals surface area contributed by atoms with Gasteiger partial charge in [-0.05, 0) is 40.5 Å². The van der Waals surface area contributed by atoms with Gasteiger partial charge in [0.25, 0.3) is 0 Å². The number of nitrogen functional groups attached to an aromatic ring is 1. The Morgan fingerprint density at radius 2 is 1.80 bits per heavy atom. The van der Waals surface area contributed by atoms with Crippen LogP contribution < -0.4 is 11.1 Å². The van der Waals surface area contributed by atoms with Crippen molar-refractivity contribution in [3.05, 3.63) is 22.7 Å². The van der Waals surface area contributed by atoms with E-state index in [1.54, 1.807) is 12.1 Å². The molecule has 112 valence electrons. The van der Waals surface area contributed by atoms with Crippen molar-refractivity contribution in [2.24, 2.45) is 0 Å². The van der Waals surface area contributed by atoms with Crippen molar-refractivity contribution in [3.8, 4) is 0 Å². The molecule has 20 heavy (non-hydrogen) atoms. The van der Waals surface area contributed by atoms with Crippen molar-refractivity contribution in [2.75, 3.05) is 11.1 Å². The predicted octanol–water partition coefficient (Wildman–Crippen LogP) is 5.11. The summed E-state index contributed by atoms with van der Waals surface area (Å²) in [4.78, 5) is 11.8. The normalized spacial score (nSPS) is 10.5. The van der Waals surface area contributed by atoms with Gasteiger partial charge in [-0.3, -0.25) is 4.79 Å². The second-order valence-electron chi connectivity index (χ2n) is 5.16. The van der Waals surface area contributed by atoms with E-state index in [0.29, 0.717) is 12.1 Å². The van der Waals surface area contributed by atoms with Crippen LogP contribution in [0.15, 0.2) is 22.7 Å². The fourth-order valence-electron chi connectivity index (χ4n) is 2.09. The standard InChI is InChI=1S/C16H25BrN2O/c1-2-3-4-5-6-7-8-9-16(20)19-15-12-13(18)10-11-14(15)17/h10-12H,2-9,18H2,1H3,(H,19,20). The van der Waals surface area contributed by atoms with Gasteiger partial charge >= 0.3 is 0 Å². The molecule has 0 atom stereocenters. The molecule has 1 aromatic carbocycles. The number of anilines is 2. The topological polar surface area (TPSA) is 55.1 Å². The number of unbranched alkanes of at least 4 members (excludes halogenated alkanes) is 6. The average molecular weight is 341 g/mol. The molecular weight excluding hydrogens is 316 g/mol. The minimum atomic E-state index is 0.0601. The summed E-state index contributed by atoms with van der Waals surface area (Å²) in [6.45, 7) is 2.22. The number of rotatable bonds is 9. The van der Waals surface area contributed by atoms with Crippen LogP contribution in [0.25, 0.3) is 0 Å². The van der Waals surface area contributed by atoms with Crippen LogP contribution in [-0.4, -0.2) is 5.91 Å². The van der Waals surface area contributed by atoms with Crippen LogP contribution in [0, 0.1) is 0 Å². The molecule has 0 saturated carbocycles. The molecule has 0 bridgehead atoms. The third-order valence-electron chi connectivity index (χ3n) is 3.27. The van der Waals surface area contributed by atoms with Gasteiger partial charge in [-0.15, -0.1) is 0 Å². The van der Waals surface area contributed by atoms with E-state index in [4.69, 9.17) is 5.73 Å². The van der Waals surface area contributed by atoms with Crippen LogP contribution >= 0.6 is 15.9 Å². The van der Waals surface area contributed by atoms with Crippen LogP contribution in [0.4, 0.5) is 11.4 Å². The first kappa shape index (κ1) is 17.0. The average Bonchev–Trinajstić information content (AvgIpc) is 2.42. The number of hydrogen-bond donors (Lipinski definition) is 2. The molecule has 0 fully saturated rings. The Balaban J connectivity index is 2.19. The molecule has 1 amide bonds. The zero-order valence-electron chi connectivity index (χ0n) is 12.3. The first-order chi connectivity index (χ1) is 9.63. The van der Waals surface area contributed by atoms with Crippen LogP contribution in [0.3, 0.4) is 0 Å². The van der Waals surface area contributed by atoms with Gasteiger partial charge in [-0.25, -0.2) is 0 Å². The zero-order chi connectivity index (χ0) is 14.8. The first-order valence-electron chi connectivity index (χ1n) is 7.48. The molecule has 0 aliphatic carbocycles. The molecule has 0 aromatic heterocycles. The monoisotopic (exact) mass is 340 g/mol. The quantitative estimate of drug-likeness (QED) is 0.484. The summed E-state index contributed by atoms with van der Waals surface area (Å²) in [6.07, 6.45) is 9.11. The van der Waals surface area contributed by atoms with Crippen molar-refractivity contribution in [1.29, 1.82) is 0 Å². The maximum atomic E-state index is 11.8. The second-order valence-corrected chi connectivity index (χ2v) is 6.01. The Morgan fingerprint density at radius 3 is 2.50 bits per heavy atom. The van der Waals surface area contributed by atoms with Gasteiger partial charge in [0.2, 0.25) is 5.91 Å². The Bertz CT molecular complexity index is 421. The molecule has 4 heteroatoms. The lowest BCUT2D eigenvalue weighted by atomic mass is 10.1. The fraction of sp³-hybridized carbons (Fsp3) is 0.562. The van der Waals surface area contributed by atoms with Gasteiger partial charge in [-0.2, -0.15) is 0 Å². The maximum absolute atomic E-state index is 11.8. The number of halogens is 1. The highest BCUT2D eigenvalue weighted by Crippen LogP contribution is 2.24. The molecule has 1 aromatic rings. The molecule has 0 aliphatic heterocycles. The molecule has 0 unspecified atom stereocenters. The number of carbonyl (C=O) groups is 1. The molecule has 3 nitrogen and oxygen atoms in total. The first-order valence-corrected chi connectivity index (χ1v) is 8.27. The van der Waals surface area contributed by atoms with Gasteiger partial charge < -0.3 is 11.1 Å². The number of nitrogens with two attached hydrogens (primary N) is 1. The minimum absolute atomic E-state index is 0.0601. The summed E-state index contributed by atoms with van der Waals surface area (Å²) < 4.78 is 0.861. The third kappa shape index (κ3) is 6.94. The van der Waals surface area contributed by atoms with Crippen LogP contribution in [0.5, 0.6) is 0 Å². The van der Waals surface area contributed by atoms with E-state index < -0.39 is 0 Å². The molecule has 0 aliphatic rings. The summed E-state index contributed by atoms with van der Waals surface area (Å²) in [5.41, 5.74) is 7.11. The number of amides is 1. The SMILES string of the molecule is CCCCCCCCCC(=O)Nc1cc(N)ccc1Br. The Labute approximate surface area is 130 Å². The predicted molar refractivity (Wildman–Crippen MR) is 89.8 cm³/mol. The Hall–Kier alpha value is -1.03. The second kappa shape index (κ2) is 9.81. The van der Waals surface area contributed by atoms with E-state index in [0.717, 1.165) is 23.0 Å². The number of hydrogen-bond acceptors (Lipinski definition) is 2. The molecule has 0 heterocycles. The summed E-state index contributed by atoms with van der Waals surface area (Å²) in [6, 6.07) is 5.42. The molecular formula is C16H25BrN2O. The van der Waals surface area contributed by atoms with Crippen LogP contribution in [0.1, 0.15) is 58.3 Å². The maximum Gasteiger partial charge on any atom is 0.224 e. The Morgan fingerprint density at radius 1 is 1.15 bits per heavy atom. The van der Waals surface area contributed by atoms with Crippen molar-refractivity contribution in [1.82, 2.24) is 0 Å². The van der Waals surface area contributed by atoms with E-state index in [1.165, 1.54) is 32.1 Å². The summed E-state index contributed by atoms with van der Waals surface area (Å²) in [5.74, 6) is 0.0601. The lowest BCUT2D eigenvalue weighted by Crippen LogP contribution is -2.11. The third-order valence-corrected chi connectivity index (χ3v) is 3.96. The highest BCUT2D eigenvalue weighted by atomic mass is 79.9. The van der Waals surface area contributed by atoms with E-state index in [2.05, 4.69) is 28.2 Å².